The Labute approximate surface area is 108 Å². The molecule has 1 aromatic carbocycles. The fourth-order valence-corrected chi connectivity index (χ4v) is 2.99. The number of nitrogen functional groups attached to an aromatic ring is 1. The number of halogens is 1. The molecule has 18 heavy (non-hydrogen) atoms. The molecule has 8 heteroatoms. The first-order valence-corrected chi connectivity index (χ1v) is 8.38. The lowest BCUT2D eigenvalue weighted by molar-refractivity contribution is 0.577. The van der Waals surface area contributed by atoms with Gasteiger partial charge in [-0.2, -0.15) is 0 Å². The van der Waals surface area contributed by atoms with Crippen LogP contribution in [0.15, 0.2) is 23.1 Å². The van der Waals surface area contributed by atoms with Gasteiger partial charge in [0, 0.05) is 35.0 Å². The fraction of sp³-hybridized carbons (Fsp3) is 0.400. The minimum atomic E-state index is -3.77. The van der Waals surface area contributed by atoms with Crippen LogP contribution in [0.4, 0.5) is 10.1 Å². The molecule has 0 aliphatic rings. The second-order valence-corrected chi connectivity index (χ2v) is 7.07. The summed E-state index contributed by atoms with van der Waals surface area (Å²) in [5, 5.41) is 0. The molecule has 1 atom stereocenters. The van der Waals surface area contributed by atoms with E-state index in [1.807, 2.05) is 0 Å². The number of hydrogen-bond donors (Lipinski definition) is 2. The van der Waals surface area contributed by atoms with Crippen LogP contribution >= 0.6 is 0 Å². The second kappa shape index (κ2) is 6.26. The Bertz CT molecular complexity index is 526. The molecule has 0 spiro atoms. The van der Waals surface area contributed by atoms with Crippen molar-refractivity contribution in [2.75, 3.05) is 24.3 Å². The van der Waals surface area contributed by atoms with Gasteiger partial charge in [-0.1, -0.05) is 0 Å². The molecule has 1 rings (SSSR count). The average Bonchev–Trinajstić information content (AvgIpc) is 2.23. The Morgan fingerprint density at radius 2 is 2.06 bits per heavy atom. The van der Waals surface area contributed by atoms with Crippen molar-refractivity contribution in [3.05, 3.63) is 24.0 Å². The van der Waals surface area contributed by atoms with E-state index in [1.54, 1.807) is 6.26 Å². The van der Waals surface area contributed by atoms with Crippen molar-refractivity contribution in [2.24, 2.45) is 0 Å². The molecule has 102 valence electrons. The van der Waals surface area contributed by atoms with Crippen LogP contribution in [0.1, 0.15) is 6.42 Å². The molecule has 0 fully saturated rings. The van der Waals surface area contributed by atoms with Crippen LogP contribution in [0, 0.1) is 5.82 Å². The molecule has 0 aliphatic heterocycles. The van der Waals surface area contributed by atoms with Gasteiger partial charge in [-0.05, 0) is 24.6 Å². The number of sulfonamides is 1. The van der Waals surface area contributed by atoms with E-state index in [-0.39, 0.29) is 17.1 Å². The maximum Gasteiger partial charge on any atom is 0.240 e. The predicted molar refractivity (Wildman–Crippen MR) is 69.6 cm³/mol. The van der Waals surface area contributed by atoms with Crippen LogP contribution in [0.3, 0.4) is 0 Å². The monoisotopic (exact) mass is 294 g/mol. The Morgan fingerprint density at radius 3 is 2.61 bits per heavy atom. The van der Waals surface area contributed by atoms with E-state index in [4.69, 9.17) is 5.73 Å². The first kappa shape index (κ1) is 15.1. The minimum Gasteiger partial charge on any atom is -0.399 e. The van der Waals surface area contributed by atoms with E-state index in [9.17, 15) is 17.0 Å². The van der Waals surface area contributed by atoms with Gasteiger partial charge < -0.3 is 5.73 Å². The zero-order chi connectivity index (χ0) is 13.8. The molecule has 1 unspecified atom stereocenters. The van der Waals surface area contributed by atoms with Crippen molar-refractivity contribution < 1.29 is 17.0 Å². The summed E-state index contributed by atoms with van der Waals surface area (Å²) in [5.74, 6) is -0.293. The number of nitrogens with one attached hydrogen (secondary N) is 1. The second-order valence-electron chi connectivity index (χ2n) is 3.75. The molecule has 0 amide bonds. The maximum absolute atomic E-state index is 13.0. The molecule has 0 aliphatic carbocycles. The third-order valence-corrected chi connectivity index (χ3v) is 4.41. The number of hydrogen-bond acceptors (Lipinski definition) is 4. The van der Waals surface area contributed by atoms with Crippen molar-refractivity contribution in [1.82, 2.24) is 4.72 Å². The van der Waals surface area contributed by atoms with E-state index >= 15 is 0 Å². The smallest absolute Gasteiger partial charge is 0.240 e. The normalized spacial score (nSPS) is 13.4. The van der Waals surface area contributed by atoms with Crippen LogP contribution in [-0.2, 0) is 20.8 Å². The summed E-state index contributed by atoms with van der Waals surface area (Å²) in [5.41, 5.74) is 5.42. The lowest BCUT2D eigenvalue weighted by atomic mass is 10.3. The molecule has 0 bridgehead atoms. The van der Waals surface area contributed by atoms with Gasteiger partial charge in [0.1, 0.15) is 5.82 Å². The van der Waals surface area contributed by atoms with Gasteiger partial charge >= 0.3 is 0 Å². The summed E-state index contributed by atoms with van der Waals surface area (Å²) in [6.07, 6.45) is 1.99. The lowest BCUT2D eigenvalue weighted by Crippen LogP contribution is -2.26. The van der Waals surface area contributed by atoms with Crippen molar-refractivity contribution in [3.63, 3.8) is 0 Å². The molecule has 1 aromatic rings. The zero-order valence-electron chi connectivity index (χ0n) is 9.85. The third-order valence-electron chi connectivity index (χ3n) is 2.10. The summed E-state index contributed by atoms with van der Waals surface area (Å²) < 4.78 is 49.7. The van der Waals surface area contributed by atoms with Crippen molar-refractivity contribution in [3.8, 4) is 0 Å². The molecule has 0 radical (unpaired) electrons. The fourth-order valence-electron chi connectivity index (χ4n) is 1.30. The molecule has 0 saturated carbocycles. The van der Waals surface area contributed by atoms with Crippen LogP contribution in [-0.4, -0.2) is 31.2 Å². The lowest BCUT2D eigenvalue weighted by Gasteiger charge is -2.07. The Morgan fingerprint density at radius 1 is 1.39 bits per heavy atom. The van der Waals surface area contributed by atoms with Crippen molar-refractivity contribution in [1.29, 1.82) is 0 Å². The number of nitrogens with two attached hydrogens (primary N) is 1. The summed E-state index contributed by atoms with van der Waals surface area (Å²) in [6, 6.07) is 3.12. The van der Waals surface area contributed by atoms with Gasteiger partial charge in [-0.3, -0.25) is 4.21 Å². The summed E-state index contributed by atoms with van der Waals surface area (Å²) in [6.45, 7) is 0.151. The van der Waals surface area contributed by atoms with Crippen LogP contribution < -0.4 is 10.5 Å². The summed E-state index contributed by atoms with van der Waals surface area (Å²) in [7, 11) is -4.73. The van der Waals surface area contributed by atoms with Gasteiger partial charge in [0.15, 0.2) is 0 Å². The highest BCUT2D eigenvalue weighted by Gasteiger charge is 2.15. The predicted octanol–water partition coefficient (Wildman–Crippen LogP) is 0.455. The van der Waals surface area contributed by atoms with Gasteiger partial charge in [0.2, 0.25) is 10.0 Å². The van der Waals surface area contributed by atoms with E-state index in [1.165, 1.54) is 6.07 Å². The highest BCUT2D eigenvalue weighted by Crippen LogP contribution is 2.15. The molecule has 0 heterocycles. The largest absolute Gasteiger partial charge is 0.399 e. The van der Waals surface area contributed by atoms with E-state index in [2.05, 4.69) is 4.72 Å². The number of benzene rings is 1. The molecule has 5 nitrogen and oxygen atoms in total. The third kappa shape index (κ3) is 4.71. The molecule has 0 aromatic heterocycles. The standard InChI is InChI=1S/C10H15FN2O3S2/c1-17(14)4-2-3-13-18(15,16)10-6-8(11)5-9(12)7-10/h5-7,13H,2-4,12H2,1H3. The summed E-state index contributed by atoms with van der Waals surface area (Å²) >= 11 is 0. The quantitative estimate of drug-likeness (QED) is 0.589. The van der Waals surface area contributed by atoms with Crippen molar-refractivity contribution >= 4 is 26.5 Å². The first-order valence-electron chi connectivity index (χ1n) is 5.17. The number of anilines is 1. The Hall–Kier alpha value is -0.990. The highest BCUT2D eigenvalue weighted by atomic mass is 32.2. The zero-order valence-corrected chi connectivity index (χ0v) is 11.5. The minimum absolute atomic E-state index is 0.0463. The van der Waals surface area contributed by atoms with E-state index in [0.29, 0.717) is 12.2 Å². The highest BCUT2D eigenvalue weighted by molar-refractivity contribution is 7.89. The maximum atomic E-state index is 13.0. The van der Waals surface area contributed by atoms with Gasteiger partial charge in [0.05, 0.1) is 4.90 Å². The van der Waals surface area contributed by atoms with Gasteiger partial charge in [-0.15, -0.1) is 0 Å². The van der Waals surface area contributed by atoms with E-state index in [0.717, 1.165) is 12.1 Å². The molecule has 0 saturated heterocycles. The van der Waals surface area contributed by atoms with Crippen LogP contribution in [0.5, 0.6) is 0 Å². The van der Waals surface area contributed by atoms with E-state index < -0.39 is 26.6 Å². The first-order chi connectivity index (χ1) is 8.31. The molecular formula is C10H15FN2O3S2. The average molecular weight is 294 g/mol. The number of rotatable bonds is 6. The molecular weight excluding hydrogens is 279 g/mol. The Balaban J connectivity index is 2.71. The summed E-state index contributed by atoms with van der Waals surface area (Å²) in [4.78, 5) is -0.211. The molecule has 3 N–H and O–H groups in total. The van der Waals surface area contributed by atoms with Crippen LogP contribution in [0.25, 0.3) is 0 Å². The topological polar surface area (TPSA) is 89.3 Å². The Kier molecular flexibility index (Phi) is 5.24. The SMILES string of the molecule is CS(=O)CCCNS(=O)(=O)c1cc(N)cc(F)c1. The van der Waals surface area contributed by atoms with Gasteiger partial charge in [-0.25, -0.2) is 17.5 Å². The van der Waals surface area contributed by atoms with Gasteiger partial charge in [0.25, 0.3) is 0 Å². The van der Waals surface area contributed by atoms with Crippen molar-refractivity contribution in [2.45, 2.75) is 11.3 Å². The van der Waals surface area contributed by atoms with Crippen LogP contribution in [0.2, 0.25) is 0 Å².